The summed E-state index contributed by atoms with van der Waals surface area (Å²) in [6, 6.07) is 0. The van der Waals surface area contributed by atoms with E-state index in [-0.39, 0.29) is 11.5 Å². The molecule has 2 aromatic rings. The fraction of sp³-hybridized carbons (Fsp3) is 0.619. The minimum atomic E-state index is -0.365. The number of nitrogens with one attached hydrogen (secondary N) is 3. The van der Waals surface area contributed by atoms with Crippen molar-refractivity contribution in [2.75, 3.05) is 6.61 Å². The number of aromatic amines is 3. The first-order chi connectivity index (χ1) is 13.0. The third-order valence-electron chi connectivity index (χ3n) is 5.07. The van der Waals surface area contributed by atoms with Crippen molar-refractivity contribution in [1.29, 1.82) is 0 Å². The Morgan fingerprint density at radius 3 is 2.30 bits per heavy atom. The zero-order valence-electron chi connectivity index (χ0n) is 17.1. The lowest BCUT2D eigenvalue weighted by atomic mass is 9.99. The van der Waals surface area contributed by atoms with Gasteiger partial charge in [0.1, 0.15) is 5.69 Å². The molecule has 0 aliphatic heterocycles. The van der Waals surface area contributed by atoms with Gasteiger partial charge in [-0.1, -0.05) is 45.4 Å². The van der Waals surface area contributed by atoms with Gasteiger partial charge in [0.2, 0.25) is 0 Å². The molecular formula is C21H33N3O3. The van der Waals surface area contributed by atoms with Crippen LogP contribution in [0.3, 0.4) is 0 Å². The van der Waals surface area contributed by atoms with Gasteiger partial charge in [-0.2, -0.15) is 0 Å². The minimum Gasteiger partial charge on any atom is -0.461 e. The van der Waals surface area contributed by atoms with Crippen molar-refractivity contribution in [3.05, 3.63) is 32.9 Å². The van der Waals surface area contributed by atoms with E-state index in [4.69, 9.17) is 4.74 Å². The molecule has 0 amide bonds. The summed E-state index contributed by atoms with van der Waals surface area (Å²) in [7, 11) is 0. The van der Waals surface area contributed by atoms with Gasteiger partial charge in [-0.05, 0) is 39.2 Å². The van der Waals surface area contributed by atoms with Crippen LogP contribution >= 0.6 is 0 Å². The fourth-order valence-electron chi connectivity index (χ4n) is 3.63. The maximum Gasteiger partial charge on any atom is 0.355 e. The quantitative estimate of drug-likeness (QED) is 0.390. The molecule has 27 heavy (non-hydrogen) atoms. The normalized spacial score (nSPS) is 11.1. The highest BCUT2D eigenvalue weighted by Crippen LogP contribution is 2.30. The third-order valence-corrected chi connectivity index (χ3v) is 5.07. The molecule has 0 aliphatic rings. The van der Waals surface area contributed by atoms with Crippen molar-refractivity contribution in [1.82, 2.24) is 15.2 Å². The van der Waals surface area contributed by atoms with E-state index in [9.17, 15) is 9.59 Å². The number of aromatic nitrogens is 3. The number of carbonyl (C=O) groups excluding carboxylic acids is 1. The van der Waals surface area contributed by atoms with Crippen molar-refractivity contribution in [3.63, 3.8) is 0 Å². The molecule has 0 saturated carbocycles. The van der Waals surface area contributed by atoms with Crippen molar-refractivity contribution in [2.24, 2.45) is 0 Å². The van der Waals surface area contributed by atoms with Gasteiger partial charge in [0.15, 0.2) is 0 Å². The Labute approximate surface area is 161 Å². The number of aryl methyl sites for hydroxylation is 1. The van der Waals surface area contributed by atoms with Crippen LogP contribution in [0, 0.1) is 13.8 Å². The number of H-pyrrole nitrogens is 3. The molecule has 0 aliphatic carbocycles. The molecule has 3 N–H and O–H groups in total. The van der Waals surface area contributed by atoms with Gasteiger partial charge in [0.25, 0.3) is 5.56 Å². The highest BCUT2D eigenvalue weighted by Gasteiger charge is 2.23. The molecular weight excluding hydrogens is 342 g/mol. The maximum absolute atomic E-state index is 12.3. The summed E-state index contributed by atoms with van der Waals surface area (Å²) < 4.78 is 5.12. The summed E-state index contributed by atoms with van der Waals surface area (Å²) in [4.78, 5) is 27.6. The summed E-state index contributed by atoms with van der Waals surface area (Å²) in [5.41, 5.74) is 4.47. The average molecular weight is 376 g/mol. The van der Waals surface area contributed by atoms with Crippen LogP contribution < -0.4 is 5.56 Å². The Morgan fingerprint density at radius 2 is 1.63 bits per heavy atom. The van der Waals surface area contributed by atoms with E-state index < -0.39 is 0 Å². The molecule has 0 saturated heterocycles. The summed E-state index contributed by atoms with van der Waals surface area (Å²) in [6.45, 7) is 8.13. The molecule has 2 heterocycles. The van der Waals surface area contributed by atoms with Crippen LogP contribution in [0.15, 0.2) is 4.79 Å². The predicted octanol–water partition coefficient (Wildman–Crippen LogP) is 4.78. The lowest BCUT2D eigenvalue weighted by Gasteiger charge is -2.05. The first-order valence-electron chi connectivity index (χ1n) is 10.2. The second-order valence-electron chi connectivity index (χ2n) is 7.15. The van der Waals surface area contributed by atoms with Gasteiger partial charge in [0.05, 0.1) is 12.3 Å². The fourth-order valence-corrected chi connectivity index (χ4v) is 3.63. The number of carbonyl (C=O) groups is 1. The SMILES string of the molecule is CCCCCCCCCc1c(-c2c(C)[nH]c(C(=O)OCC)c2C)[nH][nH]c1=O. The highest BCUT2D eigenvalue weighted by atomic mass is 16.5. The van der Waals surface area contributed by atoms with Gasteiger partial charge < -0.3 is 9.72 Å². The van der Waals surface area contributed by atoms with E-state index in [2.05, 4.69) is 22.1 Å². The minimum absolute atomic E-state index is 0.0753. The molecule has 2 rings (SSSR count). The van der Waals surface area contributed by atoms with E-state index in [1.54, 1.807) is 6.92 Å². The lowest BCUT2D eigenvalue weighted by molar-refractivity contribution is 0.0519. The number of hydrogen-bond acceptors (Lipinski definition) is 3. The Hall–Kier alpha value is -2.24. The summed E-state index contributed by atoms with van der Waals surface area (Å²) in [5.74, 6) is -0.365. The Bertz CT molecular complexity index is 798. The second kappa shape index (κ2) is 10.2. The summed E-state index contributed by atoms with van der Waals surface area (Å²) in [6.07, 6.45) is 9.20. The number of unbranched alkanes of at least 4 members (excludes halogenated alkanes) is 6. The number of rotatable bonds is 11. The van der Waals surface area contributed by atoms with Crippen LogP contribution in [0.25, 0.3) is 11.3 Å². The average Bonchev–Trinajstić information content (AvgIpc) is 3.13. The van der Waals surface area contributed by atoms with E-state index >= 15 is 0 Å². The molecule has 0 aromatic carbocycles. The molecule has 0 bridgehead atoms. The molecule has 2 aromatic heterocycles. The summed E-state index contributed by atoms with van der Waals surface area (Å²) >= 11 is 0. The van der Waals surface area contributed by atoms with Gasteiger partial charge in [0, 0.05) is 16.8 Å². The van der Waals surface area contributed by atoms with Crippen LogP contribution in [-0.4, -0.2) is 27.8 Å². The predicted molar refractivity (Wildman–Crippen MR) is 108 cm³/mol. The van der Waals surface area contributed by atoms with Crippen molar-refractivity contribution < 1.29 is 9.53 Å². The Morgan fingerprint density at radius 1 is 0.963 bits per heavy atom. The van der Waals surface area contributed by atoms with Crippen molar-refractivity contribution in [2.45, 2.75) is 79.1 Å². The van der Waals surface area contributed by atoms with Gasteiger partial charge in [-0.3, -0.25) is 15.0 Å². The summed E-state index contributed by atoms with van der Waals surface area (Å²) in [5, 5.41) is 5.73. The number of hydrogen-bond donors (Lipinski definition) is 3. The number of esters is 1. The maximum atomic E-state index is 12.3. The van der Waals surface area contributed by atoms with E-state index in [1.807, 2.05) is 13.8 Å². The smallest absolute Gasteiger partial charge is 0.355 e. The molecule has 0 fully saturated rings. The molecule has 0 spiro atoms. The molecule has 0 radical (unpaired) electrons. The van der Waals surface area contributed by atoms with Gasteiger partial charge in [-0.25, -0.2) is 4.79 Å². The van der Waals surface area contributed by atoms with Crippen molar-refractivity contribution >= 4 is 5.97 Å². The van der Waals surface area contributed by atoms with E-state index in [0.29, 0.717) is 12.3 Å². The third kappa shape index (κ3) is 5.15. The number of ether oxygens (including phenoxy) is 1. The van der Waals surface area contributed by atoms with E-state index in [0.717, 1.165) is 47.3 Å². The van der Waals surface area contributed by atoms with Crippen LogP contribution in [0.2, 0.25) is 0 Å². The molecule has 6 heteroatoms. The standard InChI is InChI=1S/C21H33N3O3/c1-5-7-8-9-10-11-12-13-16-19(23-24-20(16)25)17-14(3)18(22-15(17)4)21(26)27-6-2/h22H,5-13H2,1-4H3,(H2,23,24,25). The highest BCUT2D eigenvalue weighted by molar-refractivity contribution is 5.92. The van der Waals surface area contributed by atoms with Gasteiger partial charge >= 0.3 is 5.97 Å². The first kappa shape index (κ1) is 21.1. The van der Waals surface area contributed by atoms with Crippen molar-refractivity contribution in [3.8, 4) is 11.3 Å². The molecule has 150 valence electrons. The van der Waals surface area contributed by atoms with E-state index in [1.165, 1.54) is 32.1 Å². The Balaban J connectivity index is 2.12. The zero-order chi connectivity index (χ0) is 19.8. The van der Waals surface area contributed by atoms with Crippen LogP contribution in [0.1, 0.15) is 86.1 Å². The van der Waals surface area contributed by atoms with Crippen LogP contribution in [0.5, 0.6) is 0 Å². The Kier molecular flexibility index (Phi) is 7.95. The largest absolute Gasteiger partial charge is 0.461 e. The van der Waals surface area contributed by atoms with Gasteiger partial charge in [-0.15, -0.1) is 0 Å². The zero-order valence-corrected chi connectivity index (χ0v) is 17.1. The molecule has 0 unspecified atom stereocenters. The molecule has 0 atom stereocenters. The lowest BCUT2D eigenvalue weighted by Crippen LogP contribution is -2.07. The topological polar surface area (TPSA) is 90.7 Å². The second-order valence-corrected chi connectivity index (χ2v) is 7.15. The monoisotopic (exact) mass is 375 g/mol. The molecule has 6 nitrogen and oxygen atoms in total. The first-order valence-corrected chi connectivity index (χ1v) is 10.2. The van der Waals surface area contributed by atoms with Crippen LogP contribution in [0.4, 0.5) is 0 Å². The van der Waals surface area contributed by atoms with Crippen LogP contribution in [-0.2, 0) is 11.2 Å².